The highest BCUT2D eigenvalue weighted by molar-refractivity contribution is 5.78. The van der Waals surface area contributed by atoms with Gasteiger partial charge in [0.1, 0.15) is 0 Å². The molecule has 3 heteroatoms. The minimum Gasteiger partial charge on any atom is -0.353 e. The van der Waals surface area contributed by atoms with Crippen LogP contribution in [0, 0.1) is 0 Å². The van der Waals surface area contributed by atoms with Crippen molar-refractivity contribution in [2.75, 3.05) is 0 Å². The maximum atomic E-state index is 12.0. The average Bonchev–Trinajstić information content (AvgIpc) is 2.92. The van der Waals surface area contributed by atoms with E-state index < -0.39 is 0 Å². The number of nitrogens with two attached hydrogens (primary N) is 1. The molecule has 0 bridgehead atoms. The molecule has 2 aliphatic rings. The van der Waals surface area contributed by atoms with Crippen molar-refractivity contribution < 1.29 is 4.79 Å². The molecule has 1 amide bonds. The molecule has 2 aliphatic carbocycles. The van der Waals surface area contributed by atoms with Crippen molar-refractivity contribution in [3.63, 3.8) is 0 Å². The first-order valence-electron chi connectivity index (χ1n) is 7.79. The van der Waals surface area contributed by atoms with Gasteiger partial charge in [-0.15, -0.1) is 0 Å². The molecule has 1 aromatic carbocycles. The van der Waals surface area contributed by atoms with E-state index >= 15 is 0 Å². The van der Waals surface area contributed by atoms with Crippen LogP contribution >= 0.6 is 0 Å². The monoisotopic (exact) mass is 272 g/mol. The molecule has 3 N–H and O–H groups in total. The van der Waals surface area contributed by atoms with Crippen molar-refractivity contribution in [1.29, 1.82) is 0 Å². The van der Waals surface area contributed by atoms with Crippen LogP contribution in [0.25, 0.3) is 0 Å². The molecule has 0 saturated heterocycles. The summed E-state index contributed by atoms with van der Waals surface area (Å²) in [6.07, 6.45) is 8.51. The predicted octanol–water partition coefficient (Wildman–Crippen LogP) is 2.32. The number of rotatable bonds is 5. The van der Waals surface area contributed by atoms with Gasteiger partial charge in [-0.2, -0.15) is 0 Å². The summed E-state index contributed by atoms with van der Waals surface area (Å²) in [6.45, 7) is 0. The van der Waals surface area contributed by atoms with Crippen LogP contribution in [0.4, 0.5) is 0 Å². The van der Waals surface area contributed by atoms with Gasteiger partial charge in [0.2, 0.25) is 5.91 Å². The number of nitrogens with one attached hydrogen (secondary N) is 1. The zero-order valence-corrected chi connectivity index (χ0v) is 12.0. The summed E-state index contributed by atoms with van der Waals surface area (Å²) in [5, 5.41) is 3.13. The molecule has 0 spiro atoms. The second kappa shape index (κ2) is 5.57. The minimum absolute atomic E-state index is 0.0569. The summed E-state index contributed by atoms with van der Waals surface area (Å²) >= 11 is 0. The Hall–Kier alpha value is -1.35. The van der Waals surface area contributed by atoms with Crippen molar-refractivity contribution in [2.45, 2.75) is 62.9 Å². The van der Waals surface area contributed by atoms with E-state index in [-0.39, 0.29) is 11.4 Å². The topological polar surface area (TPSA) is 55.1 Å². The molecule has 2 fully saturated rings. The van der Waals surface area contributed by atoms with Crippen molar-refractivity contribution in [1.82, 2.24) is 5.32 Å². The maximum Gasteiger partial charge on any atom is 0.224 e. The van der Waals surface area contributed by atoms with Crippen LogP contribution in [-0.2, 0) is 17.6 Å². The van der Waals surface area contributed by atoms with Crippen LogP contribution < -0.4 is 11.1 Å². The van der Waals surface area contributed by atoms with E-state index in [1.165, 1.54) is 18.4 Å². The van der Waals surface area contributed by atoms with Crippen LogP contribution in [0.1, 0.15) is 49.7 Å². The summed E-state index contributed by atoms with van der Waals surface area (Å²) in [5.74, 6) is 0.155. The van der Waals surface area contributed by atoms with Gasteiger partial charge in [-0.1, -0.05) is 37.1 Å². The maximum absolute atomic E-state index is 12.0. The van der Waals surface area contributed by atoms with Gasteiger partial charge in [0, 0.05) is 11.6 Å². The first-order valence-corrected chi connectivity index (χ1v) is 7.79. The van der Waals surface area contributed by atoms with E-state index in [1.54, 1.807) is 0 Å². The summed E-state index contributed by atoms with van der Waals surface area (Å²) in [7, 11) is 0. The molecule has 0 unspecified atom stereocenters. The van der Waals surface area contributed by atoms with Crippen molar-refractivity contribution in [2.24, 2.45) is 5.73 Å². The molecule has 3 nitrogen and oxygen atoms in total. The lowest BCUT2D eigenvalue weighted by Crippen LogP contribution is -2.33. The third kappa shape index (κ3) is 3.60. The van der Waals surface area contributed by atoms with E-state index in [1.807, 2.05) is 0 Å². The Labute approximate surface area is 120 Å². The molecule has 3 rings (SSSR count). The number of amides is 1. The van der Waals surface area contributed by atoms with Gasteiger partial charge in [0.25, 0.3) is 0 Å². The summed E-state index contributed by atoms with van der Waals surface area (Å²) in [4.78, 5) is 12.0. The van der Waals surface area contributed by atoms with Gasteiger partial charge in [-0.05, 0) is 43.2 Å². The number of carbonyl (C=O) groups excluding carboxylic acids is 1. The Morgan fingerprint density at radius 3 is 2.35 bits per heavy atom. The molecule has 0 heterocycles. The molecular formula is C17H24N2O. The van der Waals surface area contributed by atoms with Crippen molar-refractivity contribution in [3.05, 3.63) is 35.4 Å². The lowest BCUT2D eigenvalue weighted by atomic mass is 10.0. The second-order valence-corrected chi connectivity index (χ2v) is 6.58. The Balaban J connectivity index is 1.50. The number of hydrogen-bond acceptors (Lipinski definition) is 2. The van der Waals surface area contributed by atoms with Crippen LogP contribution in [0.5, 0.6) is 0 Å². The Kier molecular flexibility index (Phi) is 3.79. The third-order valence-corrected chi connectivity index (χ3v) is 4.56. The standard InChI is InChI=1S/C17H24N2O/c18-17(9-10-17)12-14-7-5-13(6-8-14)11-16(20)19-15-3-1-2-4-15/h5-8,15H,1-4,9-12,18H2,(H,19,20). The molecule has 1 aromatic rings. The highest BCUT2D eigenvalue weighted by Crippen LogP contribution is 2.35. The number of benzene rings is 1. The van der Waals surface area contributed by atoms with E-state index in [4.69, 9.17) is 5.73 Å². The third-order valence-electron chi connectivity index (χ3n) is 4.56. The summed E-state index contributed by atoms with van der Waals surface area (Å²) in [5.41, 5.74) is 8.55. The Morgan fingerprint density at radius 2 is 1.75 bits per heavy atom. The first-order chi connectivity index (χ1) is 9.63. The van der Waals surface area contributed by atoms with E-state index in [9.17, 15) is 4.79 Å². The average molecular weight is 272 g/mol. The summed E-state index contributed by atoms with van der Waals surface area (Å²) in [6, 6.07) is 8.77. The van der Waals surface area contributed by atoms with E-state index in [2.05, 4.69) is 29.6 Å². The predicted molar refractivity (Wildman–Crippen MR) is 80.4 cm³/mol. The smallest absolute Gasteiger partial charge is 0.224 e. The molecule has 0 aliphatic heterocycles. The molecule has 0 aromatic heterocycles. The quantitative estimate of drug-likeness (QED) is 0.864. The highest BCUT2D eigenvalue weighted by atomic mass is 16.1. The largest absolute Gasteiger partial charge is 0.353 e. The highest BCUT2D eigenvalue weighted by Gasteiger charge is 2.37. The molecular weight excluding hydrogens is 248 g/mol. The van der Waals surface area contributed by atoms with E-state index in [0.29, 0.717) is 12.5 Å². The Bertz CT molecular complexity index is 470. The van der Waals surface area contributed by atoms with Crippen molar-refractivity contribution >= 4 is 5.91 Å². The summed E-state index contributed by atoms with van der Waals surface area (Å²) < 4.78 is 0. The molecule has 0 radical (unpaired) electrons. The van der Waals surface area contributed by atoms with Crippen LogP contribution in [-0.4, -0.2) is 17.5 Å². The van der Waals surface area contributed by atoms with Gasteiger partial charge in [0.05, 0.1) is 6.42 Å². The molecule has 108 valence electrons. The SMILES string of the molecule is NC1(Cc2ccc(CC(=O)NC3CCCC3)cc2)CC1. The fourth-order valence-electron chi connectivity index (χ4n) is 3.05. The van der Waals surface area contributed by atoms with Gasteiger partial charge < -0.3 is 11.1 Å². The number of carbonyl (C=O) groups is 1. The van der Waals surface area contributed by atoms with Gasteiger partial charge >= 0.3 is 0 Å². The van der Waals surface area contributed by atoms with E-state index in [0.717, 1.165) is 37.7 Å². The van der Waals surface area contributed by atoms with Gasteiger partial charge in [0.15, 0.2) is 0 Å². The molecule has 0 atom stereocenters. The van der Waals surface area contributed by atoms with Crippen LogP contribution in [0.3, 0.4) is 0 Å². The first kappa shape index (κ1) is 13.6. The zero-order valence-electron chi connectivity index (χ0n) is 12.0. The lowest BCUT2D eigenvalue weighted by Gasteiger charge is -2.12. The second-order valence-electron chi connectivity index (χ2n) is 6.58. The van der Waals surface area contributed by atoms with Gasteiger partial charge in [-0.25, -0.2) is 0 Å². The molecule has 2 saturated carbocycles. The minimum atomic E-state index is 0.0569. The van der Waals surface area contributed by atoms with Crippen molar-refractivity contribution in [3.8, 4) is 0 Å². The fraction of sp³-hybridized carbons (Fsp3) is 0.588. The number of hydrogen-bond donors (Lipinski definition) is 2. The molecule has 20 heavy (non-hydrogen) atoms. The Morgan fingerprint density at radius 1 is 1.15 bits per heavy atom. The zero-order chi connectivity index (χ0) is 14.0. The van der Waals surface area contributed by atoms with Gasteiger partial charge in [-0.3, -0.25) is 4.79 Å². The van der Waals surface area contributed by atoms with Crippen LogP contribution in [0.15, 0.2) is 24.3 Å². The fourth-order valence-corrected chi connectivity index (χ4v) is 3.05. The lowest BCUT2D eigenvalue weighted by molar-refractivity contribution is -0.121. The normalized spacial score (nSPS) is 20.9. The van der Waals surface area contributed by atoms with Crippen LogP contribution in [0.2, 0.25) is 0 Å².